The highest BCUT2D eigenvalue weighted by atomic mass is 16.6. The van der Waals surface area contributed by atoms with Crippen LogP contribution in [0.25, 0.3) is 21.8 Å². The average Bonchev–Trinajstić information content (AvgIpc) is 3.37. The first-order valence-corrected chi connectivity index (χ1v) is 14.0. The van der Waals surface area contributed by atoms with Gasteiger partial charge in [-0.2, -0.15) is 0 Å². The largest absolute Gasteiger partial charge is 0.480 e. The summed E-state index contributed by atoms with van der Waals surface area (Å²) >= 11 is 0. The average molecular weight is 595 g/mol. The molecular weight excluding hydrogens is 564 g/mol. The van der Waals surface area contributed by atoms with Gasteiger partial charge in [0.05, 0.1) is 5.56 Å². The first kappa shape index (κ1) is 29.8. The van der Waals surface area contributed by atoms with E-state index in [1.807, 2.05) is 78.9 Å². The van der Waals surface area contributed by atoms with Crippen molar-refractivity contribution in [3.63, 3.8) is 0 Å². The van der Waals surface area contributed by atoms with E-state index in [0.717, 1.165) is 27.4 Å². The molecule has 0 aliphatic rings. The lowest BCUT2D eigenvalue weighted by molar-refractivity contribution is -0.146. The van der Waals surface area contributed by atoms with Crippen molar-refractivity contribution in [1.29, 1.82) is 0 Å². The van der Waals surface area contributed by atoms with E-state index < -0.39 is 30.0 Å². The molecule has 10 heteroatoms. The van der Waals surface area contributed by atoms with Crippen molar-refractivity contribution in [2.24, 2.45) is 0 Å². The van der Waals surface area contributed by atoms with Crippen molar-refractivity contribution in [3.8, 4) is 0 Å². The molecule has 10 nitrogen and oxygen atoms in total. The summed E-state index contributed by atoms with van der Waals surface area (Å²) in [5, 5.41) is 14.5. The molecule has 5 rings (SSSR count). The summed E-state index contributed by atoms with van der Waals surface area (Å²) in [4.78, 5) is 49.1. The highest BCUT2D eigenvalue weighted by molar-refractivity contribution is 6.08. The van der Waals surface area contributed by atoms with Gasteiger partial charge in [-0.25, -0.2) is 14.4 Å². The molecule has 2 N–H and O–H groups in total. The monoisotopic (exact) mass is 594 g/mol. The van der Waals surface area contributed by atoms with Crippen LogP contribution in [0.2, 0.25) is 0 Å². The third-order valence-corrected chi connectivity index (χ3v) is 7.00. The van der Waals surface area contributed by atoms with Gasteiger partial charge in [0.15, 0.2) is 0 Å². The van der Waals surface area contributed by atoms with E-state index in [9.17, 15) is 24.3 Å². The summed E-state index contributed by atoms with van der Waals surface area (Å²) in [6, 6.07) is 29.5. The Morgan fingerprint density at radius 3 is 1.93 bits per heavy atom. The van der Waals surface area contributed by atoms with Crippen molar-refractivity contribution in [1.82, 2.24) is 4.57 Å². The van der Waals surface area contributed by atoms with Crippen LogP contribution in [0.1, 0.15) is 34.8 Å². The van der Waals surface area contributed by atoms with Crippen LogP contribution in [0.4, 0.5) is 10.5 Å². The smallest absolute Gasteiger partial charge is 0.411 e. The second-order valence-corrected chi connectivity index (χ2v) is 9.92. The molecular formula is C34H30N2O8. The van der Waals surface area contributed by atoms with Crippen LogP contribution in [-0.4, -0.2) is 46.9 Å². The van der Waals surface area contributed by atoms with Gasteiger partial charge in [-0.15, -0.1) is 0 Å². The van der Waals surface area contributed by atoms with E-state index >= 15 is 0 Å². The molecule has 1 unspecified atom stereocenters. The van der Waals surface area contributed by atoms with Gasteiger partial charge in [0.2, 0.25) is 0 Å². The third kappa shape index (κ3) is 7.22. The molecule has 1 atom stereocenters. The van der Waals surface area contributed by atoms with Crippen LogP contribution in [0.3, 0.4) is 0 Å². The number of carboxylic acid groups (broad SMARTS) is 1. The lowest BCUT2D eigenvalue weighted by Crippen LogP contribution is -2.21. The number of carbonyl (C=O) groups excluding carboxylic acids is 3. The number of para-hydroxylation sites is 2. The highest BCUT2D eigenvalue weighted by Gasteiger charge is 2.25. The van der Waals surface area contributed by atoms with E-state index in [-0.39, 0.29) is 38.2 Å². The number of fused-ring (bicyclic) bond motifs is 3. The number of carboxylic acids is 1. The minimum absolute atomic E-state index is 0.0246. The molecule has 1 aromatic heterocycles. The minimum atomic E-state index is -1.05. The second kappa shape index (κ2) is 14.0. The van der Waals surface area contributed by atoms with Crippen molar-refractivity contribution < 1.29 is 38.5 Å². The van der Waals surface area contributed by atoms with Gasteiger partial charge in [-0.05, 0) is 48.4 Å². The first-order valence-electron chi connectivity index (χ1n) is 14.0. The molecule has 0 radical (unpaired) electrons. The summed E-state index contributed by atoms with van der Waals surface area (Å²) in [5.74, 6) is -2.28. The van der Waals surface area contributed by atoms with E-state index in [0.29, 0.717) is 5.69 Å². The number of hydrogen-bond acceptors (Lipinski definition) is 7. The number of benzene rings is 4. The summed E-state index contributed by atoms with van der Waals surface area (Å²) in [6.45, 7) is -0.223. The van der Waals surface area contributed by atoms with Gasteiger partial charge in [-0.3, -0.25) is 10.1 Å². The number of rotatable bonds is 12. The van der Waals surface area contributed by atoms with Gasteiger partial charge in [0.1, 0.15) is 25.9 Å². The predicted octanol–water partition coefficient (Wildman–Crippen LogP) is 6.35. The maximum Gasteiger partial charge on any atom is 0.411 e. The molecule has 0 fully saturated rings. The first-order chi connectivity index (χ1) is 21.4. The maximum atomic E-state index is 12.4. The fourth-order valence-corrected chi connectivity index (χ4v) is 4.92. The zero-order valence-corrected chi connectivity index (χ0v) is 23.7. The van der Waals surface area contributed by atoms with E-state index in [2.05, 4.69) is 5.32 Å². The van der Waals surface area contributed by atoms with Gasteiger partial charge >= 0.3 is 24.0 Å². The Morgan fingerprint density at radius 2 is 1.30 bits per heavy atom. The minimum Gasteiger partial charge on any atom is -0.480 e. The highest BCUT2D eigenvalue weighted by Crippen LogP contribution is 2.33. The van der Waals surface area contributed by atoms with Crippen LogP contribution in [0, 0.1) is 0 Å². The quantitative estimate of drug-likeness (QED) is 0.0970. The van der Waals surface area contributed by atoms with Crippen molar-refractivity contribution >= 4 is 51.5 Å². The molecule has 0 saturated carbocycles. The third-order valence-electron chi connectivity index (χ3n) is 7.00. The molecule has 0 bridgehead atoms. The number of hydrogen-bond donors (Lipinski definition) is 2. The topological polar surface area (TPSA) is 133 Å². The molecule has 0 spiro atoms. The number of nitrogens with zero attached hydrogens (tertiary/aromatic N) is 1. The standard InChI is InChI=1S/C34H30N2O8/c37-31(19-18-30(32(38)39)36-28-12-6-4-10-26(28)27-11-5-7-13-29(27)36)42-20-21-43-33(40)24-14-16-25(17-15-24)35-34(41)44-22-23-8-2-1-3-9-23/h1-17,30H,18-22H2,(H,35,41)(H,38,39). The van der Waals surface area contributed by atoms with E-state index in [4.69, 9.17) is 14.2 Å². The molecule has 1 amide bonds. The SMILES string of the molecule is O=C(CCC(C(=O)O)n1c2ccccc2c2ccccc21)OCCOC(=O)c1ccc(NC(=O)OCc2ccccc2)cc1. The number of ether oxygens (including phenoxy) is 3. The van der Waals surface area contributed by atoms with Crippen LogP contribution >= 0.6 is 0 Å². The fraction of sp³-hybridized carbons (Fsp3) is 0.176. The molecule has 44 heavy (non-hydrogen) atoms. The Kier molecular flexibility index (Phi) is 9.51. The summed E-state index contributed by atoms with van der Waals surface area (Å²) in [6.07, 6.45) is -0.735. The Hall–Kier alpha value is -5.64. The summed E-state index contributed by atoms with van der Waals surface area (Å²) in [5.41, 5.74) is 3.08. The summed E-state index contributed by atoms with van der Waals surface area (Å²) < 4.78 is 17.3. The predicted molar refractivity (Wildman–Crippen MR) is 163 cm³/mol. The van der Waals surface area contributed by atoms with Gasteiger partial charge in [-0.1, -0.05) is 66.7 Å². The van der Waals surface area contributed by atoms with Crippen LogP contribution in [-0.2, 0) is 30.4 Å². The maximum absolute atomic E-state index is 12.4. The molecule has 224 valence electrons. The fourth-order valence-electron chi connectivity index (χ4n) is 4.92. The Labute approximate surface area is 252 Å². The number of aromatic nitrogens is 1. The van der Waals surface area contributed by atoms with Gasteiger partial charge in [0, 0.05) is 33.9 Å². The normalized spacial score (nSPS) is 11.5. The van der Waals surface area contributed by atoms with Crippen molar-refractivity contribution in [2.45, 2.75) is 25.5 Å². The summed E-state index contributed by atoms with van der Waals surface area (Å²) in [7, 11) is 0. The van der Waals surface area contributed by atoms with E-state index in [1.165, 1.54) is 24.3 Å². The Balaban J connectivity index is 1.06. The number of amides is 1. The Bertz CT molecular complexity index is 1730. The number of aliphatic carboxylic acids is 1. The van der Waals surface area contributed by atoms with Crippen LogP contribution < -0.4 is 5.32 Å². The van der Waals surface area contributed by atoms with Crippen molar-refractivity contribution in [3.05, 3.63) is 114 Å². The van der Waals surface area contributed by atoms with Crippen LogP contribution in [0.15, 0.2) is 103 Å². The van der Waals surface area contributed by atoms with Gasteiger partial charge in [0.25, 0.3) is 0 Å². The molecule has 0 aliphatic carbocycles. The lowest BCUT2D eigenvalue weighted by Gasteiger charge is -2.17. The number of esters is 2. The number of anilines is 1. The molecule has 0 saturated heterocycles. The van der Waals surface area contributed by atoms with Crippen molar-refractivity contribution in [2.75, 3.05) is 18.5 Å². The number of nitrogens with one attached hydrogen (secondary N) is 1. The molecule has 1 heterocycles. The second-order valence-electron chi connectivity index (χ2n) is 9.92. The zero-order valence-electron chi connectivity index (χ0n) is 23.7. The zero-order chi connectivity index (χ0) is 30.9. The molecule has 4 aromatic carbocycles. The Morgan fingerprint density at radius 1 is 0.705 bits per heavy atom. The molecule has 0 aliphatic heterocycles. The molecule has 5 aromatic rings. The number of carbonyl (C=O) groups is 4. The van der Waals surface area contributed by atoms with Gasteiger partial charge < -0.3 is 23.9 Å². The van der Waals surface area contributed by atoms with E-state index in [1.54, 1.807) is 4.57 Å². The lowest BCUT2D eigenvalue weighted by atomic mass is 10.1. The van der Waals surface area contributed by atoms with Crippen LogP contribution in [0.5, 0.6) is 0 Å².